The molecule has 0 aliphatic carbocycles. The maximum atomic E-state index is 10.6. The third-order valence-electron chi connectivity index (χ3n) is 2.48. The average molecular weight is 255 g/mol. The lowest BCUT2D eigenvalue weighted by Crippen LogP contribution is -2.32. The van der Waals surface area contributed by atoms with E-state index in [0.29, 0.717) is 18.3 Å². The number of carboxylic acids is 1. The van der Waals surface area contributed by atoms with E-state index in [2.05, 4.69) is 15.5 Å². The molecule has 0 bridgehead atoms. The van der Waals surface area contributed by atoms with Crippen molar-refractivity contribution in [2.45, 2.75) is 58.4 Å². The van der Waals surface area contributed by atoms with Gasteiger partial charge in [0, 0.05) is 17.4 Å². The molecule has 0 saturated heterocycles. The molecular weight excluding hydrogens is 234 g/mol. The smallest absolute Gasteiger partial charge is 0.303 e. The zero-order valence-electron chi connectivity index (χ0n) is 11.6. The standard InChI is InChI=1S/C12H21N3O3/c1-11(2,3)9-13-10(15-18-9)14-12(4,5)7-6-8(16)17/h6-7H2,1-5H3,(H,14,15)(H,16,17). The summed E-state index contributed by atoms with van der Waals surface area (Å²) in [4.78, 5) is 14.8. The van der Waals surface area contributed by atoms with Crippen molar-refractivity contribution in [1.29, 1.82) is 0 Å². The first-order valence-corrected chi connectivity index (χ1v) is 5.94. The van der Waals surface area contributed by atoms with Crippen molar-refractivity contribution < 1.29 is 14.4 Å². The Morgan fingerprint density at radius 2 is 1.94 bits per heavy atom. The summed E-state index contributed by atoms with van der Waals surface area (Å²) in [6, 6.07) is 0. The fraction of sp³-hybridized carbons (Fsp3) is 0.750. The quantitative estimate of drug-likeness (QED) is 0.840. The van der Waals surface area contributed by atoms with Gasteiger partial charge >= 0.3 is 5.97 Å². The molecule has 0 radical (unpaired) electrons. The maximum Gasteiger partial charge on any atom is 0.303 e. The number of aliphatic carboxylic acids is 1. The van der Waals surface area contributed by atoms with E-state index in [0.717, 1.165) is 0 Å². The maximum absolute atomic E-state index is 10.6. The predicted octanol–water partition coefficient (Wildman–Crippen LogP) is 2.42. The van der Waals surface area contributed by atoms with E-state index in [-0.39, 0.29) is 11.8 Å². The summed E-state index contributed by atoms with van der Waals surface area (Å²) in [7, 11) is 0. The van der Waals surface area contributed by atoms with Crippen molar-refractivity contribution in [3.8, 4) is 0 Å². The van der Waals surface area contributed by atoms with E-state index >= 15 is 0 Å². The molecule has 102 valence electrons. The normalized spacial score (nSPS) is 12.5. The highest BCUT2D eigenvalue weighted by molar-refractivity contribution is 5.66. The zero-order valence-corrected chi connectivity index (χ0v) is 11.6. The van der Waals surface area contributed by atoms with Gasteiger partial charge in [0.15, 0.2) is 0 Å². The molecule has 2 N–H and O–H groups in total. The van der Waals surface area contributed by atoms with E-state index in [1.807, 2.05) is 34.6 Å². The molecule has 0 saturated carbocycles. The molecule has 0 aliphatic heterocycles. The van der Waals surface area contributed by atoms with Crippen LogP contribution in [0.3, 0.4) is 0 Å². The van der Waals surface area contributed by atoms with Gasteiger partial charge in [-0.15, -0.1) is 0 Å². The van der Waals surface area contributed by atoms with E-state index in [9.17, 15) is 4.79 Å². The second-order valence-corrected chi connectivity index (χ2v) is 6.08. The van der Waals surface area contributed by atoms with E-state index in [1.54, 1.807) is 0 Å². The number of carboxylic acid groups (broad SMARTS) is 1. The summed E-state index contributed by atoms with van der Waals surface area (Å²) in [6.45, 7) is 9.77. The SMILES string of the molecule is CC(C)(CCC(=O)O)Nc1noc(C(C)(C)C)n1. The van der Waals surface area contributed by atoms with Crippen molar-refractivity contribution in [3.05, 3.63) is 5.89 Å². The Balaban J connectivity index is 2.66. The van der Waals surface area contributed by atoms with Gasteiger partial charge in [0.1, 0.15) is 0 Å². The molecule has 1 heterocycles. The predicted molar refractivity (Wildman–Crippen MR) is 67.6 cm³/mol. The van der Waals surface area contributed by atoms with Gasteiger partial charge in [0.05, 0.1) is 0 Å². The lowest BCUT2D eigenvalue weighted by Gasteiger charge is -2.24. The minimum atomic E-state index is -0.812. The summed E-state index contributed by atoms with van der Waals surface area (Å²) < 4.78 is 5.16. The van der Waals surface area contributed by atoms with Gasteiger partial charge in [-0.25, -0.2) is 0 Å². The summed E-state index contributed by atoms with van der Waals surface area (Å²) >= 11 is 0. The zero-order chi connectivity index (χ0) is 14.0. The number of hydrogen-bond acceptors (Lipinski definition) is 5. The van der Waals surface area contributed by atoms with Crippen LogP contribution in [0.2, 0.25) is 0 Å². The first-order chi connectivity index (χ1) is 8.10. The van der Waals surface area contributed by atoms with Crippen LogP contribution in [0, 0.1) is 0 Å². The van der Waals surface area contributed by atoms with Gasteiger partial charge in [0.2, 0.25) is 5.89 Å². The highest BCUT2D eigenvalue weighted by Gasteiger charge is 2.25. The molecule has 1 aromatic heterocycles. The number of aromatic nitrogens is 2. The number of nitrogens with zero attached hydrogens (tertiary/aromatic N) is 2. The van der Waals surface area contributed by atoms with Crippen molar-refractivity contribution >= 4 is 11.9 Å². The van der Waals surface area contributed by atoms with E-state index in [1.165, 1.54) is 0 Å². The third kappa shape index (κ3) is 4.35. The molecule has 0 spiro atoms. The van der Waals surface area contributed by atoms with Crippen LogP contribution in [0.4, 0.5) is 5.95 Å². The number of nitrogens with one attached hydrogen (secondary N) is 1. The molecule has 0 unspecified atom stereocenters. The molecule has 18 heavy (non-hydrogen) atoms. The summed E-state index contributed by atoms with van der Waals surface area (Å²) in [6.07, 6.45) is 0.589. The first-order valence-electron chi connectivity index (χ1n) is 5.94. The van der Waals surface area contributed by atoms with Crippen LogP contribution in [-0.4, -0.2) is 26.8 Å². The topological polar surface area (TPSA) is 88.2 Å². The molecule has 1 rings (SSSR count). The van der Waals surface area contributed by atoms with E-state index in [4.69, 9.17) is 9.63 Å². The second-order valence-electron chi connectivity index (χ2n) is 6.08. The van der Waals surface area contributed by atoms with Gasteiger partial charge in [-0.05, 0) is 25.4 Å². The number of anilines is 1. The fourth-order valence-electron chi connectivity index (χ4n) is 1.36. The third-order valence-corrected chi connectivity index (χ3v) is 2.48. The van der Waals surface area contributed by atoms with Crippen molar-refractivity contribution in [2.75, 3.05) is 5.32 Å². The number of rotatable bonds is 5. The molecule has 6 heteroatoms. The molecule has 0 fully saturated rings. The average Bonchev–Trinajstić information content (AvgIpc) is 2.62. The number of carbonyl (C=O) groups is 1. The summed E-state index contributed by atoms with van der Waals surface area (Å²) in [5.74, 6) is 0.141. The van der Waals surface area contributed by atoms with Gasteiger partial charge in [-0.1, -0.05) is 20.8 Å². The number of hydrogen-bond donors (Lipinski definition) is 2. The molecule has 0 amide bonds. The monoisotopic (exact) mass is 255 g/mol. The highest BCUT2D eigenvalue weighted by Crippen LogP contribution is 2.23. The Bertz CT molecular complexity index is 418. The van der Waals surface area contributed by atoms with Crippen LogP contribution in [0.15, 0.2) is 4.52 Å². The van der Waals surface area contributed by atoms with Crippen molar-refractivity contribution in [3.63, 3.8) is 0 Å². The summed E-state index contributed by atoms with van der Waals surface area (Å²) in [5, 5.41) is 15.6. The molecular formula is C12H21N3O3. The van der Waals surface area contributed by atoms with E-state index < -0.39 is 11.5 Å². The second kappa shape index (κ2) is 4.96. The minimum Gasteiger partial charge on any atom is -0.481 e. The summed E-state index contributed by atoms with van der Waals surface area (Å²) in [5.41, 5.74) is -0.588. The Hall–Kier alpha value is -1.59. The minimum absolute atomic E-state index is 0.101. The molecule has 1 aromatic rings. The van der Waals surface area contributed by atoms with Gasteiger partial charge in [-0.3, -0.25) is 4.79 Å². The van der Waals surface area contributed by atoms with Crippen LogP contribution in [0.25, 0.3) is 0 Å². The van der Waals surface area contributed by atoms with Crippen molar-refractivity contribution in [2.24, 2.45) is 0 Å². The van der Waals surface area contributed by atoms with Crippen LogP contribution in [0.5, 0.6) is 0 Å². The van der Waals surface area contributed by atoms with Crippen LogP contribution in [0.1, 0.15) is 53.4 Å². The highest BCUT2D eigenvalue weighted by atomic mass is 16.5. The van der Waals surface area contributed by atoms with Crippen LogP contribution >= 0.6 is 0 Å². The van der Waals surface area contributed by atoms with Crippen LogP contribution in [-0.2, 0) is 10.2 Å². The molecule has 6 nitrogen and oxygen atoms in total. The van der Waals surface area contributed by atoms with Gasteiger partial charge < -0.3 is 14.9 Å². The Labute approximate surface area is 107 Å². The molecule has 0 atom stereocenters. The first kappa shape index (κ1) is 14.5. The Morgan fingerprint density at radius 3 is 2.39 bits per heavy atom. The lowest BCUT2D eigenvalue weighted by atomic mass is 9.97. The largest absolute Gasteiger partial charge is 0.481 e. The van der Waals surface area contributed by atoms with Crippen molar-refractivity contribution in [1.82, 2.24) is 10.1 Å². The van der Waals surface area contributed by atoms with Gasteiger partial charge in [0.25, 0.3) is 5.95 Å². The Morgan fingerprint density at radius 1 is 1.33 bits per heavy atom. The lowest BCUT2D eigenvalue weighted by molar-refractivity contribution is -0.137. The van der Waals surface area contributed by atoms with Gasteiger partial charge in [-0.2, -0.15) is 4.98 Å². The Kier molecular flexibility index (Phi) is 3.98. The fourth-order valence-corrected chi connectivity index (χ4v) is 1.36. The van der Waals surface area contributed by atoms with Crippen LogP contribution < -0.4 is 5.32 Å². The molecule has 0 aliphatic rings. The molecule has 0 aromatic carbocycles.